The third-order valence-corrected chi connectivity index (χ3v) is 6.19. The number of aryl methyl sites for hydroxylation is 1. The number of benzene rings is 2. The fraction of sp³-hybridized carbons (Fsp3) is 0.350. The molecule has 1 heterocycles. The van der Waals surface area contributed by atoms with E-state index < -0.39 is 10.0 Å². The Morgan fingerprint density at radius 2 is 1.89 bits per heavy atom. The maximum absolute atomic E-state index is 12.9. The summed E-state index contributed by atoms with van der Waals surface area (Å²) in [4.78, 5) is 13.5. The zero-order valence-corrected chi connectivity index (χ0v) is 16.1. The highest BCUT2D eigenvalue weighted by Gasteiger charge is 2.24. The number of nitrogens with zero attached hydrogens (tertiary/aromatic N) is 1. The van der Waals surface area contributed by atoms with Crippen molar-refractivity contribution < 1.29 is 17.6 Å². The van der Waals surface area contributed by atoms with Crippen molar-refractivity contribution in [2.45, 2.75) is 37.5 Å². The number of halogens is 1. The van der Waals surface area contributed by atoms with Crippen LogP contribution in [0.25, 0.3) is 0 Å². The number of nitrogens with one attached hydrogen (secondary N) is 1. The number of hydrogen-bond donors (Lipinski definition) is 1. The number of unbranched alkanes of at least 4 members (excludes halogenated alkanes) is 1. The average Bonchev–Trinajstić information content (AvgIpc) is 3.06. The molecule has 0 atom stereocenters. The zero-order chi connectivity index (χ0) is 19.4. The van der Waals surface area contributed by atoms with Gasteiger partial charge in [-0.05, 0) is 67.1 Å². The Morgan fingerprint density at radius 3 is 2.59 bits per heavy atom. The van der Waals surface area contributed by atoms with Crippen LogP contribution in [0.1, 0.15) is 30.9 Å². The molecule has 0 saturated heterocycles. The molecule has 0 saturated carbocycles. The van der Waals surface area contributed by atoms with Gasteiger partial charge in [0.1, 0.15) is 5.82 Å². The monoisotopic (exact) mass is 390 g/mol. The zero-order valence-electron chi connectivity index (χ0n) is 15.2. The molecule has 0 spiro atoms. The molecule has 1 aliphatic heterocycles. The van der Waals surface area contributed by atoms with Gasteiger partial charge in [0.2, 0.25) is 15.9 Å². The lowest BCUT2D eigenvalue weighted by Crippen LogP contribution is -2.26. The van der Waals surface area contributed by atoms with Crippen molar-refractivity contribution in [3.05, 3.63) is 59.4 Å². The van der Waals surface area contributed by atoms with Crippen LogP contribution in [0.15, 0.2) is 47.4 Å². The van der Waals surface area contributed by atoms with Crippen LogP contribution in [0.2, 0.25) is 0 Å². The molecule has 3 rings (SSSR count). The van der Waals surface area contributed by atoms with Crippen molar-refractivity contribution in [1.82, 2.24) is 4.72 Å². The lowest BCUT2D eigenvalue weighted by atomic mass is 10.1. The number of fused-ring (bicyclic) bond motifs is 1. The number of amides is 1. The van der Waals surface area contributed by atoms with Gasteiger partial charge in [0, 0.05) is 25.7 Å². The van der Waals surface area contributed by atoms with Gasteiger partial charge < -0.3 is 4.90 Å². The number of rotatable bonds is 7. The first-order valence-corrected chi connectivity index (χ1v) is 10.5. The molecule has 1 amide bonds. The average molecular weight is 390 g/mol. The third-order valence-electron chi connectivity index (χ3n) is 4.73. The molecule has 0 bridgehead atoms. The Morgan fingerprint density at radius 1 is 1.15 bits per heavy atom. The molecule has 2 aromatic rings. The fourth-order valence-electron chi connectivity index (χ4n) is 3.27. The van der Waals surface area contributed by atoms with Gasteiger partial charge in [-0.1, -0.05) is 12.1 Å². The van der Waals surface area contributed by atoms with Crippen LogP contribution in [0.3, 0.4) is 0 Å². The first-order chi connectivity index (χ1) is 12.9. The third kappa shape index (κ3) is 4.73. The predicted molar refractivity (Wildman–Crippen MR) is 103 cm³/mol. The van der Waals surface area contributed by atoms with Gasteiger partial charge in [-0.15, -0.1) is 0 Å². The molecule has 1 aliphatic rings. The lowest BCUT2D eigenvalue weighted by molar-refractivity contribution is -0.116. The Balaban J connectivity index is 1.53. The quantitative estimate of drug-likeness (QED) is 0.739. The van der Waals surface area contributed by atoms with E-state index in [-0.39, 0.29) is 16.6 Å². The van der Waals surface area contributed by atoms with Crippen molar-refractivity contribution >= 4 is 21.6 Å². The highest BCUT2D eigenvalue weighted by molar-refractivity contribution is 7.89. The second kappa shape index (κ2) is 8.19. The van der Waals surface area contributed by atoms with E-state index in [1.54, 1.807) is 35.2 Å². The molecule has 2 aromatic carbocycles. The molecule has 0 radical (unpaired) electrons. The summed E-state index contributed by atoms with van der Waals surface area (Å²) in [5.74, 6) is -0.295. The van der Waals surface area contributed by atoms with Crippen molar-refractivity contribution in [2.75, 3.05) is 18.0 Å². The SMILES string of the molecule is CC(=O)N1CCc2cc(S(=O)(=O)NCCCCc3ccc(F)cc3)ccc21. The van der Waals surface area contributed by atoms with Gasteiger partial charge in [0.05, 0.1) is 4.90 Å². The minimum atomic E-state index is -3.57. The Hall–Kier alpha value is -2.25. The number of sulfonamides is 1. The van der Waals surface area contributed by atoms with E-state index >= 15 is 0 Å². The van der Waals surface area contributed by atoms with Crippen LogP contribution < -0.4 is 9.62 Å². The van der Waals surface area contributed by atoms with Crippen molar-refractivity contribution in [1.29, 1.82) is 0 Å². The van der Waals surface area contributed by atoms with Crippen LogP contribution in [0, 0.1) is 5.82 Å². The summed E-state index contributed by atoms with van der Waals surface area (Å²) >= 11 is 0. The Bertz CT molecular complexity index is 927. The van der Waals surface area contributed by atoms with E-state index in [4.69, 9.17) is 0 Å². The van der Waals surface area contributed by atoms with E-state index in [2.05, 4.69) is 4.72 Å². The van der Waals surface area contributed by atoms with Crippen LogP contribution in [-0.4, -0.2) is 27.4 Å². The molecule has 144 valence electrons. The minimum absolute atomic E-state index is 0.0383. The molecular formula is C20H23FN2O3S. The Kier molecular flexibility index (Phi) is 5.92. The van der Waals surface area contributed by atoms with E-state index in [1.807, 2.05) is 0 Å². The van der Waals surface area contributed by atoms with Crippen LogP contribution in [-0.2, 0) is 27.7 Å². The number of hydrogen-bond acceptors (Lipinski definition) is 3. The highest BCUT2D eigenvalue weighted by atomic mass is 32.2. The normalized spacial score (nSPS) is 13.6. The summed E-state index contributed by atoms with van der Waals surface area (Å²) < 4.78 is 40.5. The van der Waals surface area contributed by atoms with Gasteiger partial charge in [-0.25, -0.2) is 17.5 Å². The topological polar surface area (TPSA) is 66.5 Å². The van der Waals surface area contributed by atoms with E-state index in [0.717, 1.165) is 29.7 Å². The minimum Gasteiger partial charge on any atom is -0.312 e. The standard InChI is InChI=1S/C20H23FN2O3S/c1-15(24)23-13-11-17-14-19(9-10-20(17)23)27(25,26)22-12-3-2-4-16-5-7-18(21)8-6-16/h5-10,14,22H,2-4,11-13H2,1H3. The van der Waals surface area contributed by atoms with E-state index in [1.165, 1.54) is 19.1 Å². The van der Waals surface area contributed by atoms with Crippen molar-refractivity contribution in [3.8, 4) is 0 Å². The molecule has 0 unspecified atom stereocenters. The molecule has 1 N–H and O–H groups in total. The predicted octanol–water partition coefficient (Wildman–Crippen LogP) is 3.04. The largest absolute Gasteiger partial charge is 0.312 e. The smallest absolute Gasteiger partial charge is 0.240 e. The molecule has 0 aromatic heterocycles. The van der Waals surface area contributed by atoms with Gasteiger partial charge in [0.15, 0.2) is 0 Å². The summed E-state index contributed by atoms with van der Waals surface area (Å²) in [6.07, 6.45) is 2.95. The number of anilines is 1. The number of carbonyl (C=O) groups is 1. The van der Waals surface area contributed by atoms with Gasteiger partial charge in [0.25, 0.3) is 0 Å². The molecule has 0 fully saturated rings. The summed E-state index contributed by atoms with van der Waals surface area (Å²) in [5.41, 5.74) is 2.71. The first-order valence-electron chi connectivity index (χ1n) is 9.02. The van der Waals surface area contributed by atoms with E-state index in [0.29, 0.717) is 25.9 Å². The van der Waals surface area contributed by atoms with Crippen LogP contribution in [0.5, 0.6) is 0 Å². The van der Waals surface area contributed by atoms with Crippen LogP contribution in [0.4, 0.5) is 10.1 Å². The van der Waals surface area contributed by atoms with Gasteiger partial charge in [-0.2, -0.15) is 0 Å². The fourth-order valence-corrected chi connectivity index (χ4v) is 4.39. The summed E-state index contributed by atoms with van der Waals surface area (Å²) in [7, 11) is -3.57. The molecule has 0 aliphatic carbocycles. The van der Waals surface area contributed by atoms with Crippen molar-refractivity contribution in [2.24, 2.45) is 0 Å². The summed E-state index contributed by atoms with van der Waals surface area (Å²) in [6, 6.07) is 11.2. The molecule has 27 heavy (non-hydrogen) atoms. The van der Waals surface area contributed by atoms with Gasteiger partial charge in [-0.3, -0.25) is 4.79 Å². The van der Waals surface area contributed by atoms with Gasteiger partial charge >= 0.3 is 0 Å². The summed E-state index contributed by atoms with van der Waals surface area (Å²) in [6.45, 7) is 2.44. The molecule has 5 nitrogen and oxygen atoms in total. The maximum Gasteiger partial charge on any atom is 0.240 e. The second-order valence-electron chi connectivity index (χ2n) is 6.69. The number of carbonyl (C=O) groups excluding carboxylic acids is 1. The Labute approximate surface area is 159 Å². The first kappa shape index (κ1) is 19.5. The summed E-state index contributed by atoms with van der Waals surface area (Å²) in [5, 5.41) is 0. The van der Waals surface area contributed by atoms with Crippen LogP contribution >= 0.6 is 0 Å². The highest BCUT2D eigenvalue weighted by Crippen LogP contribution is 2.30. The lowest BCUT2D eigenvalue weighted by Gasteiger charge is -2.15. The van der Waals surface area contributed by atoms with E-state index in [9.17, 15) is 17.6 Å². The second-order valence-corrected chi connectivity index (χ2v) is 8.46. The molecular weight excluding hydrogens is 367 g/mol. The maximum atomic E-state index is 12.9. The molecule has 7 heteroatoms. The van der Waals surface area contributed by atoms with Crippen molar-refractivity contribution in [3.63, 3.8) is 0 Å².